The molecule has 0 spiro atoms. The SMILES string of the molecule is Cc1ccc(-n2ncc(C)n2)c(C(=O)c2c(N)nc(C3CC4CC4CN3)c(C(F)(F)F)c2C)n1. The third kappa shape index (κ3) is 3.83. The van der Waals surface area contributed by atoms with E-state index in [1.165, 1.54) is 17.9 Å². The average molecular weight is 471 g/mol. The number of carbonyl (C=O) groups is 1. The fraction of sp³-hybridized carbons (Fsp3) is 0.435. The third-order valence-corrected chi connectivity index (χ3v) is 6.63. The summed E-state index contributed by atoms with van der Waals surface area (Å²) in [4.78, 5) is 23.3. The van der Waals surface area contributed by atoms with Gasteiger partial charge in [0.15, 0.2) is 0 Å². The third-order valence-electron chi connectivity index (χ3n) is 6.63. The lowest BCUT2D eigenvalue weighted by molar-refractivity contribution is -0.139. The predicted molar refractivity (Wildman–Crippen MR) is 117 cm³/mol. The first kappa shape index (κ1) is 22.5. The van der Waals surface area contributed by atoms with E-state index in [4.69, 9.17) is 5.73 Å². The smallest absolute Gasteiger partial charge is 0.383 e. The number of nitrogen functional groups attached to an aromatic ring is 1. The number of hydrogen-bond acceptors (Lipinski definition) is 7. The molecule has 1 saturated carbocycles. The number of nitrogens with zero attached hydrogens (tertiary/aromatic N) is 5. The van der Waals surface area contributed by atoms with Gasteiger partial charge in [0.05, 0.1) is 34.8 Å². The summed E-state index contributed by atoms with van der Waals surface area (Å²) >= 11 is 0. The Morgan fingerprint density at radius 1 is 1.12 bits per heavy atom. The van der Waals surface area contributed by atoms with Gasteiger partial charge in [0.2, 0.25) is 5.78 Å². The first-order valence-corrected chi connectivity index (χ1v) is 11.1. The summed E-state index contributed by atoms with van der Waals surface area (Å²) in [5.41, 5.74) is 5.82. The molecule has 0 aromatic carbocycles. The molecule has 1 aliphatic carbocycles. The van der Waals surface area contributed by atoms with Crippen molar-refractivity contribution in [3.8, 4) is 5.69 Å². The van der Waals surface area contributed by atoms with E-state index in [-0.39, 0.29) is 34.0 Å². The fourth-order valence-electron chi connectivity index (χ4n) is 4.84. The number of piperidine rings is 1. The largest absolute Gasteiger partial charge is 0.418 e. The minimum atomic E-state index is -4.71. The molecule has 11 heteroatoms. The van der Waals surface area contributed by atoms with Gasteiger partial charge in [-0.1, -0.05) is 0 Å². The molecule has 0 bridgehead atoms. The number of aryl methyl sites for hydroxylation is 2. The van der Waals surface area contributed by atoms with E-state index >= 15 is 0 Å². The summed E-state index contributed by atoms with van der Waals surface area (Å²) in [6.07, 6.45) is -1.62. The number of halogens is 3. The second kappa shape index (κ2) is 7.86. The average Bonchev–Trinajstić information content (AvgIpc) is 3.42. The number of nitrogens with two attached hydrogens (primary N) is 1. The summed E-state index contributed by atoms with van der Waals surface area (Å²) < 4.78 is 42.9. The van der Waals surface area contributed by atoms with Crippen LogP contribution in [-0.4, -0.2) is 37.3 Å². The Labute approximate surface area is 193 Å². The second-order valence-corrected chi connectivity index (χ2v) is 9.13. The Morgan fingerprint density at radius 2 is 1.88 bits per heavy atom. The van der Waals surface area contributed by atoms with Gasteiger partial charge >= 0.3 is 6.18 Å². The van der Waals surface area contributed by atoms with Crippen LogP contribution in [0.1, 0.15) is 63.1 Å². The van der Waals surface area contributed by atoms with Gasteiger partial charge in [-0.3, -0.25) is 4.79 Å². The maximum Gasteiger partial charge on any atom is 0.418 e. The number of ketones is 1. The maximum atomic E-state index is 14.3. The Kier molecular flexibility index (Phi) is 5.19. The van der Waals surface area contributed by atoms with Crippen molar-refractivity contribution in [3.63, 3.8) is 0 Å². The molecule has 0 radical (unpaired) electrons. The molecule has 178 valence electrons. The minimum absolute atomic E-state index is 0.0929. The molecule has 8 nitrogen and oxygen atoms in total. The van der Waals surface area contributed by atoms with Crippen LogP contribution in [0.4, 0.5) is 19.0 Å². The predicted octanol–water partition coefficient (Wildman–Crippen LogP) is 3.49. The summed E-state index contributed by atoms with van der Waals surface area (Å²) in [5, 5.41) is 11.5. The molecule has 2 fully saturated rings. The van der Waals surface area contributed by atoms with Gasteiger partial charge in [0.1, 0.15) is 17.2 Å². The van der Waals surface area contributed by atoms with Crippen LogP contribution in [0.15, 0.2) is 18.3 Å². The number of fused-ring (bicyclic) bond motifs is 1. The van der Waals surface area contributed by atoms with Crippen molar-refractivity contribution in [1.82, 2.24) is 30.3 Å². The lowest BCUT2D eigenvalue weighted by Gasteiger charge is -2.27. The van der Waals surface area contributed by atoms with Gasteiger partial charge in [0.25, 0.3) is 0 Å². The zero-order valence-corrected chi connectivity index (χ0v) is 18.9. The second-order valence-electron chi connectivity index (χ2n) is 9.13. The molecule has 3 N–H and O–H groups in total. The van der Waals surface area contributed by atoms with Crippen molar-refractivity contribution in [1.29, 1.82) is 0 Å². The molecular formula is C23H24F3N7O. The summed E-state index contributed by atoms with van der Waals surface area (Å²) in [5.74, 6) is -0.0764. The highest BCUT2D eigenvalue weighted by molar-refractivity contribution is 6.13. The quantitative estimate of drug-likeness (QED) is 0.561. The number of nitrogens with one attached hydrogen (secondary N) is 1. The first-order valence-electron chi connectivity index (χ1n) is 11.1. The van der Waals surface area contributed by atoms with E-state index in [9.17, 15) is 18.0 Å². The lowest BCUT2D eigenvalue weighted by atomic mass is 9.91. The Bertz CT molecular complexity index is 1300. The normalized spacial score (nSPS) is 21.9. The number of pyridine rings is 2. The van der Waals surface area contributed by atoms with Crippen molar-refractivity contribution in [2.45, 2.75) is 45.8 Å². The van der Waals surface area contributed by atoms with Crippen molar-refractivity contribution >= 4 is 11.6 Å². The van der Waals surface area contributed by atoms with E-state index < -0.39 is 23.6 Å². The van der Waals surface area contributed by atoms with E-state index in [1.54, 1.807) is 26.0 Å². The van der Waals surface area contributed by atoms with Gasteiger partial charge in [-0.25, -0.2) is 9.97 Å². The molecule has 34 heavy (non-hydrogen) atoms. The highest BCUT2D eigenvalue weighted by Crippen LogP contribution is 2.49. The molecule has 5 rings (SSSR count). The van der Waals surface area contributed by atoms with Crippen LogP contribution >= 0.6 is 0 Å². The number of carbonyl (C=O) groups excluding carboxylic acids is 1. The minimum Gasteiger partial charge on any atom is -0.383 e. The lowest BCUT2D eigenvalue weighted by Crippen LogP contribution is -2.32. The highest BCUT2D eigenvalue weighted by atomic mass is 19.4. The topological polar surface area (TPSA) is 112 Å². The Hall–Kier alpha value is -3.34. The fourth-order valence-corrected chi connectivity index (χ4v) is 4.84. The van der Waals surface area contributed by atoms with Crippen LogP contribution in [0.2, 0.25) is 0 Å². The molecule has 2 aliphatic rings. The van der Waals surface area contributed by atoms with Crippen molar-refractivity contribution in [2.75, 3.05) is 12.3 Å². The van der Waals surface area contributed by atoms with Crippen LogP contribution in [0.5, 0.6) is 0 Å². The number of aromatic nitrogens is 5. The van der Waals surface area contributed by atoms with Crippen molar-refractivity contribution < 1.29 is 18.0 Å². The van der Waals surface area contributed by atoms with E-state index in [2.05, 4.69) is 25.5 Å². The van der Waals surface area contributed by atoms with Crippen LogP contribution in [0.25, 0.3) is 5.69 Å². The number of alkyl halides is 3. The molecule has 3 unspecified atom stereocenters. The Balaban J connectivity index is 1.65. The highest BCUT2D eigenvalue weighted by Gasteiger charge is 2.46. The number of rotatable bonds is 4. The standard InChI is InChI=1S/C23H24F3N7O/c1-10-4-5-16(33-29-8-11(2)32-33)20(30-10)21(34)17-12(3)18(23(24,25)26)19(31-22(17)27)15-7-13-6-14(13)9-28-15/h4-5,8,13-15,28H,6-7,9H2,1-3H3,(H2,27,31). The van der Waals surface area contributed by atoms with Crippen molar-refractivity contribution in [3.05, 3.63) is 57.8 Å². The zero-order chi connectivity index (χ0) is 24.4. The first-order chi connectivity index (χ1) is 16.0. The molecule has 4 heterocycles. The van der Waals surface area contributed by atoms with Gasteiger partial charge in [-0.15, -0.1) is 4.80 Å². The molecule has 1 aliphatic heterocycles. The summed E-state index contributed by atoms with van der Waals surface area (Å²) in [6.45, 7) is 5.34. The van der Waals surface area contributed by atoms with E-state index in [0.717, 1.165) is 6.42 Å². The summed E-state index contributed by atoms with van der Waals surface area (Å²) in [7, 11) is 0. The van der Waals surface area contributed by atoms with Crippen LogP contribution in [0, 0.1) is 32.6 Å². The van der Waals surface area contributed by atoms with Crippen molar-refractivity contribution in [2.24, 2.45) is 11.8 Å². The molecule has 3 atom stereocenters. The van der Waals surface area contributed by atoms with Crippen LogP contribution in [-0.2, 0) is 6.18 Å². The Morgan fingerprint density at radius 3 is 2.53 bits per heavy atom. The van der Waals surface area contributed by atoms with E-state index in [0.29, 0.717) is 36.2 Å². The van der Waals surface area contributed by atoms with Gasteiger partial charge in [-0.2, -0.15) is 23.4 Å². The molecule has 3 aromatic heterocycles. The van der Waals surface area contributed by atoms with Gasteiger partial charge in [-0.05, 0) is 69.7 Å². The zero-order valence-electron chi connectivity index (χ0n) is 18.9. The number of hydrogen-bond donors (Lipinski definition) is 2. The van der Waals surface area contributed by atoms with Crippen LogP contribution in [0.3, 0.4) is 0 Å². The molecule has 3 aromatic rings. The monoisotopic (exact) mass is 471 g/mol. The van der Waals surface area contributed by atoms with E-state index in [1.807, 2.05) is 0 Å². The maximum absolute atomic E-state index is 14.3. The molecule has 1 saturated heterocycles. The van der Waals surface area contributed by atoms with Gasteiger partial charge < -0.3 is 11.1 Å². The molecular weight excluding hydrogens is 447 g/mol. The number of anilines is 1. The van der Waals surface area contributed by atoms with Gasteiger partial charge in [0, 0.05) is 5.69 Å². The molecule has 0 amide bonds. The summed E-state index contributed by atoms with van der Waals surface area (Å²) in [6, 6.07) is 2.71. The van der Waals surface area contributed by atoms with Crippen LogP contribution < -0.4 is 11.1 Å².